The Bertz CT molecular complexity index is 729. The standard InChI is InChI=1S/C15H9Cl2NS/c16-11-7-5-10(12(17)9-11)6-8-15-18-13-3-1-2-4-14(13)19-15/h1-9H/b8-6+. The zero-order valence-corrected chi connectivity index (χ0v) is 12.1. The molecule has 0 radical (unpaired) electrons. The fourth-order valence-electron chi connectivity index (χ4n) is 1.76. The molecule has 1 heterocycles. The molecule has 94 valence electrons. The van der Waals surface area contributed by atoms with Crippen molar-refractivity contribution in [2.24, 2.45) is 0 Å². The summed E-state index contributed by atoms with van der Waals surface area (Å²) in [5, 5.41) is 2.25. The second kappa shape index (κ2) is 5.33. The van der Waals surface area contributed by atoms with Crippen molar-refractivity contribution in [1.29, 1.82) is 0 Å². The largest absolute Gasteiger partial charge is 0.237 e. The van der Waals surface area contributed by atoms with Gasteiger partial charge in [0.25, 0.3) is 0 Å². The average molecular weight is 306 g/mol. The number of halogens is 2. The van der Waals surface area contributed by atoms with Crippen molar-refractivity contribution in [2.45, 2.75) is 0 Å². The van der Waals surface area contributed by atoms with Gasteiger partial charge in [-0.25, -0.2) is 4.98 Å². The Morgan fingerprint density at radius 3 is 2.63 bits per heavy atom. The van der Waals surface area contributed by atoms with Gasteiger partial charge in [-0.3, -0.25) is 0 Å². The van der Waals surface area contributed by atoms with Crippen LogP contribution in [0.2, 0.25) is 10.0 Å². The molecule has 4 heteroatoms. The number of aromatic nitrogens is 1. The predicted molar refractivity (Wildman–Crippen MR) is 85.0 cm³/mol. The molecule has 0 bridgehead atoms. The maximum absolute atomic E-state index is 6.12. The van der Waals surface area contributed by atoms with Crippen molar-refractivity contribution >= 4 is 56.9 Å². The molecular formula is C15H9Cl2NS. The zero-order chi connectivity index (χ0) is 13.2. The number of hydrogen-bond donors (Lipinski definition) is 0. The minimum absolute atomic E-state index is 0.641. The summed E-state index contributed by atoms with van der Waals surface area (Å²) >= 11 is 13.6. The number of para-hydroxylation sites is 1. The van der Waals surface area contributed by atoms with Crippen molar-refractivity contribution in [3.63, 3.8) is 0 Å². The van der Waals surface area contributed by atoms with Gasteiger partial charge >= 0.3 is 0 Å². The number of thiazole rings is 1. The van der Waals surface area contributed by atoms with Crippen LogP contribution in [0.5, 0.6) is 0 Å². The second-order valence-electron chi connectivity index (χ2n) is 4.02. The Kier molecular flexibility index (Phi) is 3.56. The average Bonchev–Trinajstić information content (AvgIpc) is 2.80. The van der Waals surface area contributed by atoms with Crippen LogP contribution in [0.15, 0.2) is 42.5 Å². The molecule has 0 atom stereocenters. The summed E-state index contributed by atoms with van der Waals surface area (Å²) in [7, 11) is 0. The first-order valence-corrected chi connectivity index (χ1v) is 7.28. The Balaban J connectivity index is 1.93. The first-order chi connectivity index (χ1) is 9.22. The molecule has 3 aromatic rings. The predicted octanol–water partition coefficient (Wildman–Crippen LogP) is 5.77. The van der Waals surface area contributed by atoms with Crippen molar-refractivity contribution in [3.8, 4) is 0 Å². The van der Waals surface area contributed by atoms with Gasteiger partial charge in [-0.1, -0.05) is 47.5 Å². The van der Waals surface area contributed by atoms with Crippen LogP contribution in [0, 0.1) is 0 Å². The fraction of sp³-hybridized carbons (Fsp3) is 0. The zero-order valence-electron chi connectivity index (χ0n) is 9.81. The molecule has 0 fully saturated rings. The van der Waals surface area contributed by atoms with Crippen LogP contribution in [-0.2, 0) is 0 Å². The van der Waals surface area contributed by atoms with Crippen LogP contribution in [0.1, 0.15) is 10.6 Å². The van der Waals surface area contributed by atoms with Gasteiger partial charge in [0.05, 0.1) is 10.2 Å². The summed E-state index contributed by atoms with van der Waals surface area (Å²) in [4.78, 5) is 4.54. The maximum Gasteiger partial charge on any atom is 0.117 e. The van der Waals surface area contributed by atoms with Crippen molar-refractivity contribution in [3.05, 3.63) is 63.1 Å². The Hall–Kier alpha value is -1.35. The minimum atomic E-state index is 0.641. The molecule has 0 saturated carbocycles. The van der Waals surface area contributed by atoms with E-state index in [9.17, 15) is 0 Å². The van der Waals surface area contributed by atoms with E-state index < -0.39 is 0 Å². The molecule has 0 saturated heterocycles. The summed E-state index contributed by atoms with van der Waals surface area (Å²) in [6, 6.07) is 13.6. The van der Waals surface area contributed by atoms with Crippen molar-refractivity contribution in [1.82, 2.24) is 4.98 Å². The smallest absolute Gasteiger partial charge is 0.117 e. The molecule has 1 aromatic heterocycles. The van der Waals surface area contributed by atoms with E-state index in [1.165, 1.54) is 4.70 Å². The van der Waals surface area contributed by atoms with E-state index in [-0.39, 0.29) is 0 Å². The van der Waals surface area contributed by atoms with E-state index in [4.69, 9.17) is 23.2 Å². The summed E-state index contributed by atoms with van der Waals surface area (Å²) < 4.78 is 1.18. The molecule has 0 N–H and O–H groups in total. The maximum atomic E-state index is 6.12. The second-order valence-corrected chi connectivity index (χ2v) is 5.92. The van der Waals surface area contributed by atoms with E-state index >= 15 is 0 Å². The van der Waals surface area contributed by atoms with Crippen molar-refractivity contribution in [2.75, 3.05) is 0 Å². The third-order valence-electron chi connectivity index (χ3n) is 2.68. The Labute approximate surface area is 125 Å². The highest BCUT2D eigenvalue weighted by Crippen LogP contribution is 2.25. The highest BCUT2D eigenvalue weighted by Gasteiger charge is 2.01. The van der Waals surface area contributed by atoms with Gasteiger partial charge in [0.15, 0.2) is 0 Å². The van der Waals surface area contributed by atoms with E-state index in [0.29, 0.717) is 10.0 Å². The number of nitrogens with zero attached hydrogens (tertiary/aromatic N) is 1. The number of fused-ring (bicyclic) bond motifs is 1. The van der Waals surface area contributed by atoms with Gasteiger partial charge in [0, 0.05) is 10.0 Å². The first-order valence-electron chi connectivity index (χ1n) is 5.71. The lowest BCUT2D eigenvalue weighted by Crippen LogP contribution is -1.75. The molecule has 19 heavy (non-hydrogen) atoms. The molecule has 0 aliphatic carbocycles. The molecule has 2 aromatic carbocycles. The van der Waals surface area contributed by atoms with Gasteiger partial charge in [-0.05, 0) is 35.9 Å². The van der Waals surface area contributed by atoms with Gasteiger partial charge in [-0.15, -0.1) is 11.3 Å². The Morgan fingerprint density at radius 1 is 1.00 bits per heavy atom. The number of hydrogen-bond acceptors (Lipinski definition) is 2. The normalized spacial score (nSPS) is 11.5. The van der Waals surface area contributed by atoms with E-state index in [1.54, 1.807) is 17.4 Å². The van der Waals surface area contributed by atoms with Crippen LogP contribution < -0.4 is 0 Å². The van der Waals surface area contributed by atoms with Crippen LogP contribution in [-0.4, -0.2) is 4.98 Å². The van der Waals surface area contributed by atoms with Gasteiger partial charge in [0.2, 0.25) is 0 Å². The van der Waals surface area contributed by atoms with E-state index in [0.717, 1.165) is 16.1 Å². The van der Waals surface area contributed by atoms with Gasteiger partial charge in [-0.2, -0.15) is 0 Å². The van der Waals surface area contributed by atoms with Gasteiger partial charge < -0.3 is 0 Å². The number of rotatable bonds is 2. The molecule has 1 nitrogen and oxygen atoms in total. The molecular weight excluding hydrogens is 297 g/mol. The fourth-order valence-corrected chi connectivity index (χ4v) is 3.10. The van der Waals surface area contributed by atoms with E-state index in [1.807, 2.05) is 42.5 Å². The number of benzene rings is 2. The minimum Gasteiger partial charge on any atom is -0.237 e. The Morgan fingerprint density at radius 2 is 1.84 bits per heavy atom. The third kappa shape index (κ3) is 2.81. The quantitative estimate of drug-likeness (QED) is 0.585. The highest BCUT2D eigenvalue weighted by molar-refractivity contribution is 7.19. The van der Waals surface area contributed by atoms with E-state index in [2.05, 4.69) is 11.1 Å². The van der Waals surface area contributed by atoms with Crippen LogP contribution in [0.25, 0.3) is 22.4 Å². The first kappa shape index (κ1) is 12.7. The van der Waals surface area contributed by atoms with Crippen LogP contribution in [0.4, 0.5) is 0 Å². The summed E-state index contributed by atoms with van der Waals surface area (Å²) in [5.41, 5.74) is 1.96. The molecule has 0 spiro atoms. The third-order valence-corrected chi connectivity index (χ3v) is 4.24. The summed E-state index contributed by atoms with van der Waals surface area (Å²) in [6.45, 7) is 0. The molecule has 0 unspecified atom stereocenters. The lowest BCUT2D eigenvalue weighted by molar-refractivity contribution is 1.46. The molecule has 3 rings (SSSR count). The lowest BCUT2D eigenvalue weighted by Gasteiger charge is -1.97. The van der Waals surface area contributed by atoms with Crippen LogP contribution in [0.3, 0.4) is 0 Å². The van der Waals surface area contributed by atoms with Gasteiger partial charge in [0.1, 0.15) is 5.01 Å². The molecule has 0 aliphatic heterocycles. The monoisotopic (exact) mass is 305 g/mol. The molecule has 0 aliphatic rings. The summed E-state index contributed by atoms with van der Waals surface area (Å²) in [6.07, 6.45) is 3.93. The molecule has 0 amide bonds. The van der Waals surface area contributed by atoms with Crippen LogP contribution >= 0.6 is 34.5 Å². The topological polar surface area (TPSA) is 12.9 Å². The summed E-state index contributed by atoms with van der Waals surface area (Å²) in [5.74, 6) is 0. The lowest BCUT2D eigenvalue weighted by atomic mass is 10.2. The van der Waals surface area contributed by atoms with Crippen molar-refractivity contribution < 1.29 is 0 Å². The highest BCUT2D eigenvalue weighted by atomic mass is 35.5. The SMILES string of the molecule is Clc1ccc(/C=C/c2nc3ccccc3s2)c(Cl)c1.